The molecule has 1 N–H and O–H groups in total. The number of aryl methyl sites for hydroxylation is 1. The molecule has 5 nitrogen and oxygen atoms in total. The van der Waals surface area contributed by atoms with E-state index in [2.05, 4.69) is 39.2 Å². The number of para-hydroxylation sites is 1. The van der Waals surface area contributed by atoms with E-state index in [0.717, 1.165) is 55.7 Å². The minimum atomic E-state index is 0.296. The Kier molecular flexibility index (Phi) is 5.08. The molecular formula is C18H24N4O. The number of anilines is 3. The highest BCUT2D eigenvalue weighted by Crippen LogP contribution is 2.25. The molecule has 2 aromatic rings. The highest BCUT2D eigenvalue weighted by atomic mass is 16.5. The van der Waals surface area contributed by atoms with Crippen LogP contribution in [0.25, 0.3) is 0 Å². The van der Waals surface area contributed by atoms with Crippen molar-refractivity contribution in [1.29, 1.82) is 0 Å². The first-order valence-corrected chi connectivity index (χ1v) is 8.30. The lowest BCUT2D eigenvalue weighted by atomic mass is 10.2. The fourth-order valence-electron chi connectivity index (χ4n) is 2.89. The van der Waals surface area contributed by atoms with E-state index in [1.54, 1.807) is 0 Å². The van der Waals surface area contributed by atoms with Crippen LogP contribution in [0.5, 0.6) is 0 Å². The standard InChI is InChI=1S/C18H24N4O/c1-3-22(15-8-5-4-6-9-15)18-12-17(20-14(2)21-18)19-13-16-10-7-11-23-16/h4-6,8-9,12,16H,3,7,10-11,13H2,1-2H3,(H,19,20,21). The van der Waals surface area contributed by atoms with Crippen LogP contribution >= 0.6 is 0 Å². The number of aromatic nitrogens is 2. The van der Waals surface area contributed by atoms with Gasteiger partial charge in [0.2, 0.25) is 0 Å². The van der Waals surface area contributed by atoms with Gasteiger partial charge in [0.1, 0.15) is 17.5 Å². The van der Waals surface area contributed by atoms with Crippen molar-refractivity contribution in [3.05, 3.63) is 42.2 Å². The molecule has 0 aliphatic carbocycles. The molecule has 0 amide bonds. The van der Waals surface area contributed by atoms with E-state index in [-0.39, 0.29) is 0 Å². The number of benzene rings is 1. The fraction of sp³-hybridized carbons (Fsp3) is 0.444. The molecule has 1 atom stereocenters. The van der Waals surface area contributed by atoms with Gasteiger partial charge in [-0.2, -0.15) is 0 Å². The summed E-state index contributed by atoms with van der Waals surface area (Å²) in [5.41, 5.74) is 1.14. The average Bonchev–Trinajstić information content (AvgIpc) is 3.08. The van der Waals surface area contributed by atoms with Crippen LogP contribution < -0.4 is 10.2 Å². The van der Waals surface area contributed by atoms with Crippen LogP contribution in [0, 0.1) is 6.92 Å². The van der Waals surface area contributed by atoms with E-state index in [1.807, 2.05) is 31.2 Å². The van der Waals surface area contributed by atoms with Crippen LogP contribution in [0.4, 0.5) is 17.3 Å². The van der Waals surface area contributed by atoms with Crippen molar-refractivity contribution in [2.45, 2.75) is 32.8 Å². The summed E-state index contributed by atoms with van der Waals surface area (Å²) in [6.45, 7) is 6.58. The molecule has 5 heteroatoms. The molecule has 1 saturated heterocycles. The Morgan fingerprint density at radius 2 is 2.09 bits per heavy atom. The summed E-state index contributed by atoms with van der Waals surface area (Å²) in [5, 5.41) is 3.40. The van der Waals surface area contributed by atoms with Gasteiger partial charge in [0, 0.05) is 31.5 Å². The smallest absolute Gasteiger partial charge is 0.138 e. The van der Waals surface area contributed by atoms with Crippen LogP contribution in [0.3, 0.4) is 0 Å². The first kappa shape index (κ1) is 15.7. The monoisotopic (exact) mass is 312 g/mol. The quantitative estimate of drug-likeness (QED) is 0.884. The zero-order valence-corrected chi connectivity index (χ0v) is 13.8. The second-order valence-corrected chi connectivity index (χ2v) is 5.75. The van der Waals surface area contributed by atoms with Gasteiger partial charge >= 0.3 is 0 Å². The Morgan fingerprint density at radius 1 is 1.26 bits per heavy atom. The van der Waals surface area contributed by atoms with E-state index in [0.29, 0.717) is 6.10 Å². The van der Waals surface area contributed by atoms with Crippen LogP contribution in [-0.2, 0) is 4.74 Å². The third-order valence-electron chi connectivity index (χ3n) is 4.02. The molecule has 0 spiro atoms. The minimum Gasteiger partial charge on any atom is -0.376 e. The van der Waals surface area contributed by atoms with E-state index in [4.69, 9.17) is 4.74 Å². The second-order valence-electron chi connectivity index (χ2n) is 5.75. The molecule has 1 unspecified atom stereocenters. The van der Waals surface area contributed by atoms with Gasteiger partial charge in [0.05, 0.1) is 6.10 Å². The van der Waals surface area contributed by atoms with Crippen LogP contribution in [0.1, 0.15) is 25.6 Å². The highest BCUT2D eigenvalue weighted by Gasteiger charge is 2.16. The van der Waals surface area contributed by atoms with Crippen LogP contribution in [-0.4, -0.2) is 35.8 Å². The summed E-state index contributed by atoms with van der Waals surface area (Å²) < 4.78 is 5.66. The number of rotatable bonds is 6. The van der Waals surface area contributed by atoms with Crippen molar-refractivity contribution < 1.29 is 4.74 Å². The topological polar surface area (TPSA) is 50.3 Å². The maximum absolute atomic E-state index is 5.66. The highest BCUT2D eigenvalue weighted by molar-refractivity contribution is 5.62. The van der Waals surface area contributed by atoms with Gasteiger partial charge in [0.15, 0.2) is 0 Å². The SMILES string of the molecule is CCN(c1ccccc1)c1cc(NCC2CCCO2)nc(C)n1. The summed E-state index contributed by atoms with van der Waals surface area (Å²) in [5.74, 6) is 2.55. The van der Waals surface area contributed by atoms with Crippen molar-refractivity contribution in [2.24, 2.45) is 0 Å². The van der Waals surface area contributed by atoms with Gasteiger partial charge in [-0.1, -0.05) is 18.2 Å². The Bertz CT molecular complexity index is 626. The maximum atomic E-state index is 5.66. The average molecular weight is 312 g/mol. The van der Waals surface area contributed by atoms with E-state index in [9.17, 15) is 0 Å². The van der Waals surface area contributed by atoms with E-state index >= 15 is 0 Å². The molecule has 0 radical (unpaired) electrons. The lowest BCUT2D eigenvalue weighted by Gasteiger charge is -2.23. The molecule has 2 heterocycles. The van der Waals surface area contributed by atoms with Crippen LogP contribution in [0.2, 0.25) is 0 Å². The number of hydrogen-bond donors (Lipinski definition) is 1. The normalized spacial score (nSPS) is 17.2. The van der Waals surface area contributed by atoms with Gasteiger partial charge in [0.25, 0.3) is 0 Å². The Morgan fingerprint density at radius 3 is 2.78 bits per heavy atom. The van der Waals surface area contributed by atoms with Crippen molar-refractivity contribution in [3.63, 3.8) is 0 Å². The lowest BCUT2D eigenvalue weighted by molar-refractivity contribution is 0.120. The van der Waals surface area contributed by atoms with Crippen LogP contribution in [0.15, 0.2) is 36.4 Å². The lowest BCUT2D eigenvalue weighted by Crippen LogP contribution is -2.21. The second kappa shape index (κ2) is 7.42. The predicted octanol–water partition coefficient (Wildman–Crippen LogP) is 3.53. The zero-order valence-electron chi connectivity index (χ0n) is 13.8. The molecule has 1 fully saturated rings. The van der Waals surface area contributed by atoms with E-state index < -0.39 is 0 Å². The summed E-state index contributed by atoms with van der Waals surface area (Å²) in [6.07, 6.45) is 2.57. The molecule has 1 aromatic heterocycles. The van der Waals surface area contributed by atoms with Crippen molar-refractivity contribution in [2.75, 3.05) is 29.9 Å². The predicted molar refractivity (Wildman–Crippen MR) is 93.4 cm³/mol. The van der Waals surface area contributed by atoms with Gasteiger partial charge in [-0.25, -0.2) is 9.97 Å². The molecule has 1 aromatic carbocycles. The third kappa shape index (κ3) is 3.99. The minimum absolute atomic E-state index is 0.296. The van der Waals surface area contributed by atoms with Crippen molar-refractivity contribution in [1.82, 2.24) is 9.97 Å². The number of ether oxygens (including phenoxy) is 1. The molecule has 0 saturated carbocycles. The number of nitrogens with zero attached hydrogens (tertiary/aromatic N) is 3. The summed E-state index contributed by atoms with van der Waals surface area (Å²) in [7, 11) is 0. The van der Waals surface area contributed by atoms with Crippen molar-refractivity contribution >= 4 is 17.3 Å². The molecule has 122 valence electrons. The molecule has 0 bridgehead atoms. The van der Waals surface area contributed by atoms with Crippen molar-refractivity contribution in [3.8, 4) is 0 Å². The maximum Gasteiger partial charge on any atom is 0.138 e. The van der Waals surface area contributed by atoms with Gasteiger partial charge < -0.3 is 15.0 Å². The largest absolute Gasteiger partial charge is 0.376 e. The number of hydrogen-bond acceptors (Lipinski definition) is 5. The third-order valence-corrected chi connectivity index (χ3v) is 4.02. The first-order chi connectivity index (χ1) is 11.3. The molecular weight excluding hydrogens is 288 g/mol. The first-order valence-electron chi connectivity index (χ1n) is 8.30. The summed E-state index contributed by atoms with van der Waals surface area (Å²) >= 11 is 0. The summed E-state index contributed by atoms with van der Waals surface area (Å²) in [4.78, 5) is 11.3. The Labute approximate surface area is 137 Å². The summed E-state index contributed by atoms with van der Waals surface area (Å²) in [6, 6.07) is 12.3. The molecule has 1 aliphatic heterocycles. The van der Waals surface area contributed by atoms with E-state index in [1.165, 1.54) is 0 Å². The fourth-order valence-corrected chi connectivity index (χ4v) is 2.89. The molecule has 1 aliphatic rings. The van der Waals surface area contributed by atoms with Gasteiger partial charge in [-0.15, -0.1) is 0 Å². The van der Waals surface area contributed by atoms with Gasteiger partial charge in [-0.05, 0) is 38.8 Å². The van der Waals surface area contributed by atoms with Gasteiger partial charge in [-0.3, -0.25) is 0 Å². The Balaban J connectivity index is 1.78. The Hall–Kier alpha value is -2.14. The number of nitrogens with one attached hydrogen (secondary N) is 1. The zero-order chi connectivity index (χ0) is 16.1. The molecule has 3 rings (SSSR count). The molecule has 23 heavy (non-hydrogen) atoms.